The van der Waals surface area contributed by atoms with Crippen LogP contribution in [0.3, 0.4) is 0 Å². The van der Waals surface area contributed by atoms with E-state index in [4.69, 9.17) is 14.5 Å². The van der Waals surface area contributed by atoms with Crippen molar-refractivity contribution in [3.05, 3.63) is 173 Å². The zero-order valence-electron chi connectivity index (χ0n) is 35.6. The maximum atomic E-state index is 12.5. The van der Waals surface area contributed by atoms with Gasteiger partial charge in [-0.05, 0) is 76.2 Å². The summed E-state index contributed by atoms with van der Waals surface area (Å²) in [7, 11) is -0.333. The Morgan fingerprint density at radius 2 is 1.21 bits per heavy atom. The van der Waals surface area contributed by atoms with E-state index in [9.17, 15) is 23.1 Å². The number of hydrogen-bond donors (Lipinski definition) is 2. The molecule has 0 saturated carbocycles. The van der Waals surface area contributed by atoms with Crippen molar-refractivity contribution in [2.75, 3.05) is 20.5 Å². The summed E-state index contributed by atoms with van der Waals surface area (Å²) >= 11 is 0. The third kappa shape index (κ3) is 10.5. The second kappa shape index (κ2) is 19.7. The van der Waals surface area contributed by atoms with Gasteiger partial charge >= 0.3 is 5.97 Å². The second-order valence-corrected chi connectivity index (χ2v) is 16.9. The van der Waals surface area contributed by atoms with Crippen LogP contribution in [-0.4, -0.2) is 65.0 Å². The lowest BCUT2D eigenvalue weighted by molar-refractivity contribution is 0.0697. The lowest BCUT2D eigenvalue weighted by atomic mass is 9.98. The van der Waals surface area contributed by atoms with Crippen LogP contribution in [0, 0.1) is 0 Å². The van der Waals surface area contributed by atoms with E-state index in [0.717, 1.165) is 92.8 Å². The van der Waals surface area contributed by atoms with Gasteiger partial charge in [-0.25, -0.2) is 27.9 Å². The fraction of sp³-hybridized carbons (Fsp3) is 0.200. The number of sulfonamides is 1. The van der Waals surface area contributed by atoms with Gasteiger partial charge in [0.1, 0.15) is 24.0 Å². The van der Waals surface area contributed by atoms with Crippen LogP contribution in [0.1, 0.15) is 63.3 Å². The molecule has 12 nitrogen and oxygen atoms in total. The summed E-state index contributed by atoms with van der Waals surface area (Å²) in [5.74, 6) is 1.14. The van der Waals surface area contributed by atoms with E-state index in [-0.39, 0.29) is 0 Å². The fourth-order valence-electron chi connectivity index (χ4n) is 7.54. The van der Waals surface area contributed by atoms with Gasteiger partial charge in [-0.15, -0.1) is 0 Å². The molecule has 322 valence electrons. The van der Waals surface area contributed by atoms with Gasteiger partial charge in [0.2, 0.25) is 10.0 Å². The molecular weight excluding hydrogens is 815 g/mol. The monoisotopic (exact) mass is 863 g/mol. The molecule has 2 N–H and O–H groups in total. The van der Waals surface area contributed by atoms with Crippen molar-refractivity contribution in [3.8, 4) is 28.0 Å². The number of rotatable bonds is 15. The highest BCUT2D eigenvalue weighted by molar-refractivity contribution is 7.89. The molecule has 0 saturated heterocycles. The van der Waals surface area contributed by atoms with Crippen LogP contribution in [0.5, 0.6) is 5.75 Å². The summed E-state index contributed by atoms with van der Waals surface area (Å²) in [6.45, 7) is 3.93. The minimum Gasteiger partial charge on any atom is -0.497 e. The van der Waals surface area contributed by atoms with Gasteiger partial charge in [0.25, 0.3) is 5.91 Å². The van der Waals surface area contributed by atoms with Crippen LogP contribution >= 0.6 is 0 Å². The Balaban J connectivity index is 0.000000193. The van der Waals surface area contributed by atoms with Gasteiger partial charge in [-0.1, -0.05) is 110 Å². The van der Waals surface area contributed by atoms with Crippen molar-refractivity contribution >= 4 is 44.0 Å². The first-order valence-electron chi connectivity index (χ1n) is 20.5. The molecule has 13 heteroatoms. The van der Waals surface area contributed by atoms with E-state index in [0.29, 0.717) is 36.4 Å². The number of imidazole rings is 2. The van der Waals surface area contributed by atoms with Crippen molar-refractivity contribution in [2.24, 2.45) is 0 Å². The van der Waals surface area contributed by atoms with E-state index < -0.39 is 21.9 Å². The number of hydrogen-bond acceptors (Lipinski definition) is 8. The highest BCUT2D eigenvalue weighted by Gasteiger charge is 2.18. The van der Waals surface area contributed by atoms with E-state index in [1.54, 1.807) is 38.5 Å². The van der Waals surface area contributed by atoms with Crippen molar-refractivity contribution in [1.82, 2.24) is 23.8 Å². The molecule has 0 unspecified atom stereocenters. The molecule has 0 aliphatic rings. The van der Waals surface area contributed by atoms with Gasteiger partial charge in [0, 0.05) is 38.2 Å². The van der Waals surface area contributed by atoms with Gasteiger partial charge in [0.15, 0.2) is 0 Å². The largest absolute Gasteiger partial charge is 0.497 e. The zero-order chi connectivity index (χ0) is 44.5. The van der Waals surface area contributed by atoms with Crippen LogP contribution in [-0.2, 0) is 40.9 Å². The molecule has 0 fully saturated rings. The third-order valence-electron chi connectivity index (χ3n) is 10.6. The van der Waals surface area contributed by atoms with Crippen molar-refractivity contribution in [3.63, 3.8) is 0 Å². The predicted molar refractivity (Wildman–Crippen MR) is 247 cm³/mol. The third-order valence-corrected chi connectivity index (χ3v) is 11.2. The predicted octanol–water partition coefficient (Wildman–Crippen LogP) is 9.39. The summed E-state index contributed by atoms with van der Waals surface area (Å²) in [5, 5.41) is 9.41. The Labute approximate surface area is 366 Å². The minimum absolute atomic E-state index is 0.304. The Morgan fingerprint density at radius 1 is 0.667 bits per heavy atom. The zero-order valence-corrected chi connectivity index (χ0v) is 36.4. The SMILES string of the molecule is CCCCc1nc2ccc(OC)cc2n1Cc1ccc(-c2ccccc2C(=O)NS(C)(=O)=O)cc1.COCc1nc2ccccc2n1Cc1ccc(-c2ccccc2C(=O)O)cc1. The Morgan fingerprint density at radius 3 is 1.79 bits per heavy atom. The molecule has 2 heterocycles. The van der Waals surface area contributed by atoms with Crippen LogP contribution in [0.4, 0.5) is 0 Å². The lowest BCUT2D eigenvalue weighted by Crippen LogP contribution is -2.29. The number of para-hydroxylation sites is 2. The average Bonchev–Trinajstić information content (AvgIpc) is 3.81. The number of aryl methyl sites for hydroxylation is 1. The number of methoxy groups -OCH3 is 2. The van der Waals surface area contributed by atoms with Crippen LogP contribution < -0.4 is 9.46 Å². The van der Waals surface area contributed by atoms with E-state index in [1.807, 2.05) is 114 Å². The topological polar surface area (TPSA) is 155 Å². The number of amides is 1. The number of aromatic nitrogens is 4. The molecule has 0 aliphatic heterocycles. The summed E-state index contributed by atoms with van der Waals surface area (Å²) in [6.07, 6.45) is 4.01. The van der Waals surface area contributed by atoms with Crippen molar-refractivity contribution < 1.29 is 32.6 Å². The normalized spacial score (nSPS) is 11.3. The average molecular weight is 864 g/mol. The first-order valence-corrected chi connectivity index (χ1v) is 22.4. The molecule has 63 heavy (non-hydrogen) atoms. The number of aromatic carboxylic acids is 1. The molecular formula is C50H49N5O7S. The van der Waals surface area contributed by atoms with E-state index >= 15 is 0 Å². The van der Waals surface area contributed by atoms with Gasteiger partial charge in [0.05, 0.1) is 41.0 Å². The number of ether oxygens (including phenoxy) is 2. The Bertz CT molecular complexity index is 2990. The number of carboxylic acid groups (broad SMARTS) is 1. The van der Waals surface area contributed by atoms with E-state index in [2.05, 4.69) is 27.1 Å². The number of carbonyl (C=O) groups excluding carboxylic acids is 1. The van der Waals surface area contributed by atoms with Gasteiger partial charge in [-0.2, -0.15) is 0 Å². The highest BCUT2D eigenvalue weighted by Crippen LogP contribution is 2.28. The smallest absolute Gasteiger partial charge is 0.336 e. The quantitative estimate of drug-likeness (QED) is 0.103. The van der Waals surface area contributed by atoms with E-state index in [1.165, 1.54) is 0 Å². The fourth-order valence-corrected chi connectivity index (χ4v) is 7.99. The highest BCUT2D eigenvalue weighted by atomic mass is 32.2. The molecule has 6 aromatic carbocycles. The maximum absolute atomic E-state index is 12.5. The molecule has 0 radical (unpaired) electrons. The van der Waals surface area contributed by atoms with Crippen molar-refractivity contribution in [2.45, 2.75) is 45.9 Å². The van der Waals surface area contributed by atoms with Gasteiger partial charge < -0.3 is 23.7 Å². The summed E-state index contributed by atoms with van der Waals surface area (Å²) in [4.78, 5) is 33.5. The standard InChI is InChI=1S/C27H29N3O4S.C23H20N2O3/c1-4-5-10-26-28-24-16-15-21(34-2)17-25(24)30(26)18-19-11-13-20(14-12-19)22-8-6-7-9-23(22)27(31)29-35(3,32)33;1-28-15-22-24-20-8-4-5-9-21(20)25(22)14-16-10-12-17(13-11-16)18-6-2-3-7-19(18)23(26)27/h6-9,11-17H,4-5,10,18H2,1-3H3,(H,29,31);2-13H,14-15H2,1H3,(H,26,27). The van der Waals surface area contributed by atoms with Crippen LogP contribution in [0.2, 0.25) is 0 Å². The maximum Gasteiger partial charge on any atom is 0.336 e. The summed E-state index contributed by atoms with van der Waals surface area (Å²) in [6, 6.07) is 43.9. The number of fused-ring (bicyclic) bond motifs is 2. The molecule has 0 spiro atoms. The molecule has 0 aliphatic carbocycles. The van der Waals surface area contributed by atoms with Gasteiger partial charge in [-0.3, -0.25) is 4.79 Å². The first kappa shape index (κ1) is 44.0. The Kier molecular flexibility index (Phi) is 13.8. The molecule has 0 atom stereocenters. The summed E-state index contributed by atoms with van der Waals surface area (Å²) in [5.41, 5.74) is 9.89. The molecule has 1 amide bonds. The second-order valence-electron chi connectivity index (χ2n) is 15.1. The minimum atomic E-state index is -3.66. The summed E-state index contributed by atoms with van der Waals surface area (Å²) < 4.78 is 40.3. The number of benzene rings is 6. The molecule has 2 aromatic heterocycles. The Hall–Kier alpha value is -7.09. The van der Waals surface area contributed by atoms with Crippen molar-refractivity contribution in [1.29, 1.82) is 0 Å². The number of carboxylic acids is 1. The number of nitrogens with zero attached hydrogens (tertiary/aromatic N) is 4. The molecule has 8 rings (SSSR count). The van der Waals surface area contributed by atoms with Crippen LogP contribution in [0.25, 0.3) is 44.3 Å². The number of unbranched alkanes of at least 4 members (excludes halogenated alkanes) is 1. The van der Waals surface area contributed by atoms with Crippen LogP contribution in [0.15, 0.2) is 140 Å². The molecule has 8 aromatic rings. The number of nitrogens with one attached hydrogen (secondary N) is 1. The lowest BCUT2D eigenvalue weighted by Gasteiger charge is -2.12. The first-order chi connectivity index (χ1) is 30.5. The molecule has 0 bridgehead atoms. The number of carbonyl (C=O) groups is 2.